The van der Waals surface area contributed by atoms with E-state index >= 15 is 0 Å². The van der Waals surface area contributed by atoms with Crippen LogP contribution in [-0.2, 0) is 0 Å². The molecule has 0 unspecified atom stereocenters. The summed E-state index contributed by atoms with van der Waals surface area (Å²) in [5.74, 6) is -0.322. The molecule has 1 N–H and O–H groups in total. The van der Waals surface area contributed by atoms with E-state index in [-0.39, 0.29) is 11.6 Å². The Labute approximate surface area is 73.1 Å². The van der Waals surface area contributed by atoms with E-state index in [0.29, 0.717) is 5.39 Å². The standard InChI is InChI=1S/C9H7FOS/c1-5-8(11)4-7(10)6-2-3-12-9(5)6/h2-4,11H,1H3. The molecule has 0 aliphatic carbocycles. The van der Waals surface area contributed by atoms with Gasteiger partial charge in [-0.3, -0.25) is 0 Å². The average molecular weight is 182 g/mol. The highest BCUT2D eigenvalue weighted by Gasteiger charge is 2.08. The highest BCUT2D eigenvalue weighted by molar-refractivity contribution is 7.17. The lowest BCUT2D eigenvalue weighted by Gasteiger charge is -2.00. The van der Waals surface area contributed by atoms with Crippen molar-refractivity contribution in [2.24, 2.45) is 0 Å². The lowest BCUT2D eigenvalue weighted by atomic mass is 10.1. The van der Waals surface area contributed by atoms with E-state index in [1.54, 1.807) is 13.0 Å². The topological polar surface area (TPSA) is 20.2 Å². The third kappa shape index (κ3) is 0.898. The van der Waals surface area contributed by atoms with E-state index in [1.807, 2.05) is 5.38 Å². The number of rotatable bonds is 0. The molecule has 0 saturated heterocycles. The number of phenolic OH excluding ortho intramolecular Hbond substituents is 1. The first kappa shape index (κ1) is 7.55. The quantitative estimate of drug-likeness (QED) is 0.663. The minimum absolute atomic E-state index is 0.0300. The van der Waals surface area contributed by atoms with Gasteiger partial charge in [0, 0.05) is 21.7 Å². The van der Waals surface area contributed by atoms with Crippen LogP contribution in [0.1, 0.15) is 5.56 Å². The van der Waals surface area contributed by atoms with Crippen LogP contribution < -0.4 is 0 Å². The van der Waals surface area contributed by atoms with Gasteiger partial charge in [-0.05, 0) is 18.4 Å². The van der Waals surface area contributed by atoms with Crippen molar-refractivity contribution in [3.8, 4) is 5.75 Å². The van der Waals surface area contributed by atoms with Gasteiger partial charge in [0.1, 0.15) is 11.6 Å². The third-order valence-corrected chi connectivity index (χ3v) is 2.94. The van der Waals surface area contributed by atoms with Crippen molar-refractivity contribution in [1.29, 1.82) is 0 Å². The number of benzene rings is 1. The van der Waals surface area contributed by atoms with Gasteiger partial charge in [-0.25, -0.2) is 4.39 Å². The summed E-state index contributed by atoms with van der Waals surface area (Å²) in [6.07, 6.45) is 0. The molecule has 0 aliphatic rings. The Kier molecular flexibility index (Phi) is 1.54. The monoisotopic (exact) mass is 182 g/mol. The van der Waals surface area contributed by atoms with Crippen LogP contribution in [0.15, 0.2) is 17.5 Å². The first-order chi connectivity index (χ1) is 5.70. The molecule has 1 aromatic carbocycles. The molecule has 12 heavy (non-hydrogen) atoms. The zero-order valence-corrected chi connectivity index (χ0v) is 7.28. The third-order valence-electron chi connectivity index (χ3n) is 1.91. The highest BCUT2D eigenvalue weighted by Crippen LogP contribution is 2.32. The average Bonchev–Trinajstić information content (AvgIpc) is 2.48. The molecule has 0 fully saturated rings. The molecule has 2 rings (SSSR count). The van der Waals surface area contributed by atoms with Crippen LogP contribution >= 0.6 is 11.3 Å². The van der Waals surface area contributed by atoms with Crippen molar-refractivity contribution in [3.05, 3.63) is 28.9 Å². The maximum absolute atomic E-state index is 13.1. The lowest BCUT2D eigenvalue weighted by molar-refractivity contribution is 0.467. The molecule has 0 spiro atoms. The Hall–Kier alpha value is -1.09. The highest BCUT2D eigenvalue weighted by atomic mass is 32.1. The Morgan fingerprint density at radius 3 is 3.00 bits per heavy atom. The first-order valence-corrected chi connectivity index (χ1v) is 4.43. The van der Waals surface area contributed by atoms with Gasteiger partial charge in [0.15, 0.2) is 0 Å². The molecular formula is C9H7FOS. The fourth-order valence-electron chi connectivity index (χ4n) is 1.21. The van der Waals surface area contributed by atoms with Crippen LogP contribution in [0.2, 0.25) is 0 Å². The van der Waals surface area contributed by atoms with Gasteiger partial charge >= 0.3 is 0 Å². The molecule has 0 aliphatic heterocycles. The van der Waals surface area contributed by atoms with Crippen LogP contribution in [0.3, 0.4) is 0 Å². The summed E-state index contributed by atoms with van der Waals surface area (Å²) in [7, 11) is 0. The van der Waals surface area contributed by atoms with Crippen LogP contribution in [0.4, 0.5) is 4.39 Å². The number of hydrogen-bond donors (Lipinski definition) is 1. The van der Waals surface area contributed by atoms with Gasteiger partial charge in [-0.2, -0.15) is 0 Å². The SMILES string of the molecule is Cc1c(O)cc(F)c2ccsc12. The van der Waals surface area contributed by atoms with Gasteiger partial charge < -0.3 is 5.11 Å². The minimum Gasteiger partial charge on any atom is -0.508 e. The molecule has 0 bridgehead atoms. The number of phenols is 1. The molecule has 1 heterocycles. The van der Waals surface area contributed by atoms with Gasteiger partial charge in [-0.1, -0.05) is 0 Å². The van der Waals surface area contributed by atoms with Crippen LogP contribution in [0.5, 0.6) is 5.75 Å². The number of aryl methyl sites for hydroxylation is 1. The second-order valence-corrected chi connectivity index (χ2v) is 3.58. The molecule has 0 saturated carbocycles. The summed E-state index contributed by atoms with van der Waals surface area (Å²) in [4.78, 5) is 0. The first-order valence-electron chi connectivity index (χ1n) is 3.55. The predicted molar refractivity (Wildman–Crippen MR) is 48.2 cm³/mol. The van der Waals surface area contributed by atoms with E-state index in [1.165, 1.54) is 11.3 Å². The van der Waals surface area contributed by atoms with Crippen molar-refractivity contribution >= 4 is 21.4 Å². The number of aromatic hydroxyl groups is 1. The Bertz CT molecular complexity index is 433. The molecule has 1 nitrogen and oxygen atoms in total. The van der Waals surface area contributed by atoms with Gasteiger partial charge in [0.2, 0.25) is 0 Å². The number of halogens is 1. The van der Waals surface area contributed by atoms with Gasteiger partial charge in [0.25, 0.3) is 0 Å². The smallest absolute Gasteiger partial charge is 0.135 e. The fourth-order valence-corrected chi connectivity index (χ4v) is 2.12. The Morgan fingerprint density at radius 1 is 1.50 bits per heavy atom. The predicted octanol–water partition coefficient (Wildman–Crippen LogP) is 3.05. The summed E-state index contributed by atoms with van der Waals surface area (Å²) >= 11 is 1.44. The maximum Gasteiger partial charge on any atom is 0.135 e. The molecule has 0 amide bonds. The molecule has 0 radical (unpaired) electrons. The van der Waals surface area contributed by atoms with Crippen molar-refractivity contribution < 1.29 is 9.50 Å². The lowest BCUT2D eigenvalue weighted by Crippen LogP contribution is -1.79. The molecule has 3 heteroatoms. The van der Waals surface area contributed by atoms with E-state index in [2.05, 4.69) is 0 Å². The van der Waals surface area contributed by atoms with Crippen molar-refractivity contribution in [1.82, 2.24) is 0 Å². The number of thiophene rings is 1. The Balaban J connectivity index is 2.97. The second-order valence-electron chi connectivity index (χ2n) is 2.67. The molecule has 1 aromatic heterocycles. The minimum atomic E-state index is -0.352. The number of fused-ring (bicyclic) bond motifs is 1. The fraction of sp³-hybridized carbons (Fsp3) is 0.111. The molecule has 0 atom stereocenters. The summed E-state index contributed by atoms with van der Waals surface area (Å²) in [6, 6.07) is 2.88. The van der Waals surface area contributed by atoms with Crippen LogP contribution in [-0.4, -0.2) is 5.11 Å². The van der Waals surface area contributed by atoms with Gasteiger partial charge in [-0.15, -0.1) is 11.3 Å². The van der Waals surface area contributed by atoms with Gasteiger partial charge in [0.05, 0.1) is 0 Å². The number of hydrogen-bond acceptors (Lipinski definition) is 2. The normalized spacial score (nSPS) is 10.8. The van der Waals surface area contributed by atoms with Crippen LogP contribution in [0.25, 0.3) is 10.1 Å². The largest absolute Gasteiger partial charge is 0.508 e. The molecular weight excluding hydrogens is 175 g/mol. The zero-order valence-electron chi connectivity index (χ0n) is 6.47. The maximum atomic E-state index is 13.1. The van der Waals surface area contributed by atoms with E-state index in [4.69, 9.17) is 0 Å². The summed E-state index contributed by atoms with van der Waals surface area (Å²) < 4.78 is 13.9. The van der Waals surface area contributed by atoms with Crippen LogP contribution in [0, 0.1) is 12.7 Å². The summed E-state index contributed by atoms with van der Waals surface area (Å²) in [5.41, 5.74) is 0.751. The molecule has 2 aromatic rings. The Morgan fingerprint density at radius 2 is 2.25 bits per heavy atom. The molecule has 62 valence electrons. The van der Waals surface area contributed by atoms with Crippen molar-refractivity contribution in [2.75, 3.05) is 0 Å². The second kappa shape index (κ2) is 2.45. The zero-order chi connectivity index (χ0) is 8.72. The van der Waals surface area contributed by atoms with Crippen molar-refractivity contribution in [2.45, 2.75) is 6.92 Å². The van der Waals surface area contributed by atoms with E-state index in [9.17, 15) is 9.50 Å². The van der Waals surface area contributed by atoms with E-state index in [0.717, 1.165) is 16.3 Å². The summed E-state index contributed by atoms with van der Waals surface area (Å²) in [5, 5.41) is 11.7. The van der Waals surface area contributed by atoms with E-state index < -0.39 is 0 Å². The van der Waals surface area contributed by atoms with Crippen molar-refractivity contribution in [3.63, 3.8) is 0 Å². The summed E-state index contributed by atoms with van der Waals surface area (Å²) in [6.45, 7) is 1.79.